The third-order valence-corrected chi connectivity index (χ3v) is 6.09. The minimum absolute atomic E-state index is 0.0101. The molecule has 1 heterocycles. The van der Waals surface area contributed by atoms with Crippen molar-refractivity contribution >= 4 is 21.6 Å². The van der Waals surface area contributed by atoms with E-state index in [4.69, 9.17) is 4.74 Å². The summed E-state index contributed by atoms with van der Waals surface area (Å²) in [6.07, 6.45) is 1.86. The van der Waals surface area contributed by atoms with Crippen LogP contribution >= 0.6 is 0 Å². The van der Waals surface area contributed by atoms with Crippen molar-refractivity contribution in [1.82, 2.24) is 4.72 Å². The minimum Gasteiger partial charge on any atom is -0.495 e. The fraction of sp³-hybridized carbons (Fsp3) is 0.350. The van der Waals surface area contributed by atoms with Gasteiger partial charge in [-0.05, 0) is 43.5 Å². The van der Waals surface area contributed by atoms with Gasteiger partial charge in [0.05, 0.1) is 7.11 Å². The van der Waals surface area contributed by atoms with Crippen molar-refractivity contribution in [2.24, 2.45) is 0 Å². The predicted octanol–water partition coefficient (Wildman–Crippen LogP) is 2.65. The number of aryl methyl sites for hydroxylation is 1. The maximum atomic E-state index is 12.8. The van der Waals surface area contributed by atoms with Crippen molar-refractivity contribution in [3.05, 3.63) is 53.6 Å². The molecule has 1 amide bonds. The van der Waals surface area contributed by atoms with E-state index in [1.165, 1.54) is 13.2 Å². The van der Waals surface area contributed by atoms with Gasteiger partial charge in [0, 0.05) is 25.2 Å². The lowest BCUT2D eigenvalue weighted by molar-refractivity contribution is -0.117. The number of nitrogens with one attached hydrogen (secondary N) is 1. The number of sulfonamides is 1. The number of anilines is 1. The third-order valence-electron chi connectivity index (χ3n) is 4.61. The van der Waals surface area contributed by atoms with E-state index < -0.39 is 10.0 Å². The standard InChI is InChI=1S/C20H24N2O4S/c1-15-5-3-6-16(13-15)10-11-21-27(24,25)19-14-17(8-9-18(19)26-2)22-12-4-7-20(22)23/h3,5-6,8-9,13-14,21H,4,7,10-12H2,1-2H3. The molecule has 0 unspecified atom stereocenters. The van der Waals surface area contributed by atoms with Gasteiger partial charge in [0.15, 0.2) is 0 Å². The molecule has 3 rings (SSSR count). The molecule has 1 aliphatic heterocycles. The molecule has 6 nitrogen and oxygen atoms in total. The Morgan fingerprint density at radius 2 is 2.00 bits per heavy atom. The van der Waals surface area contributed by atoms with Crippen LogP contribution in [0.1, 0.15) is 24.0 Å². The number of benzene rings is 2. The second-order valence-electron chi connectivity index (χ2n) is 6.62. The fourth-order valence-electron chi connectivity index (χ4n) is 3.24. The molecule has 0 bridgehead atoms. The van der Waals surface area contributed by atoms with Crippen LogP contribution in [0.5, 0.6) is 5.75 Å². The zero-order valence-electron chi connectivity index (χ0n) is 15.6. The van der Waals surface area contributed by atoms with E-state index in [2.05, 4.69) is 4.72 Å². The van der Waals surface area contributed by atoms with E-state index in [1.54, 1.807) is 17.0 Å². The first kappa shape index (κ1) is 19.4. The van der Waals surface area contributed by atoms with Gasteiger partial charge in [-0.2, -0.15) is 0 Å². The first-order chi connectivity index (χ1) is 12.9. The van der Waals surface area contributed by atoms with Crippen molar-refractivity contribution in [2.75, 3.05) is 25.1 Å². The largest absolute Gasteiger partial charge is 0.495 e. The smallest absolute Gasteiger partial charge is 0.244 e. The molecule has 0 spiro atoms. The lowest BCUT2D eigenvalue weighted by atomic mass is 10.1. The zero-order valence-corrected chi connectivity index (χ0v) is 16.4. The quantitative estimate of drug-likeness (QED) is 0.791. The average molecular weight is 388 g/mol. The van der Waals surface area contributed by atoms with Crippen molar-refractivity contribution in [3.63, 3.8) is 0 Å². The summed E-state index contributed by atoms with van der Waals surface area (Å²) < 4.78 is 33.5. The van der Waals surface area contributed by atoms with Gasteiger partial charge in [0.25, 0.3) is 0 Å². The Morgan fingerprint density at radius 1 is 1.19 bits per heavy atom. The Hall–Kier alpha value is -2.38. The van der Waals surface area contributed by atoms with E-state index in [0.717, 1.165) is 17.5 Å². The molecule has 0 aromatic heterocycles. The number of ether oxygens (including phenoxy) is 1. The lowest BCUT2D eigenvalue weighted by Crippen LogP contribution is -2.28. The van der Waals surface area contributed by atoms with Crippen LogP contribution in [0.4, 0.5) is 5.69 Å². The van der Waals surface area contributed by atoms with Crippen LogP contribution in [0.2, 0.25) is 0 Å². The highest BCUT2D eigenvalue weighted by Gasteiger charge is 2.25. The summed E-state index contributed by atoms with van der Waals surface area (Å²) in [5.74, 6) is 0.268. The number of hydrogen-bond acceptors (Lipinski definition) is 4. The summed E-state index contributed by atoms with van der Waals surface area (Å²) in [5, 5.41) is 0. The monoisotopic (exact) mass is 388 g/mol. The number of rotatable bonds is 7. The minimum atomic E-state index is -3.77. The summed E-state index contributed by atoms with van der Waals surface area (Å²) in [4.78, 5) is 13.6. The molecule has 144 valence electrons. The molecule has 0 radical (unpaired) electrons. The van der Waals surface area contributed by atoms with E-state index in [9.17, 15) is 13.2 Å². The Morgan fingerprint density at radius 3 is 2.67 bits per heavy atom. The number of amides is 1. The first-order valence-corrected chi connectivity index (χ1v) is 10.4. The summed E-state index contributed by atoms with van der Waals surface area (Å²) in [7, 11) is -2.33. The Balaban J connectivity index is 1.78. The number of carbonyl (C=O) groups is 1. The van der Waals surface area contributed by atoms with Crippen molar-refractivity contribution < 1.29 is 17.9 Å². The second kappa shape index (κ2) is 8.10. The Kier molecular flexibility index (Phi) is 5.82. The molecular weight excluding hydrogens is 364 g/mol. The van der Waals surface area contributed by atoms with Gasteiger partial charge in [-0.25, -0.2) is 13.1 Å². The van der Waals surface area contributed by atoms with Gasteiger partial charge in [-0.3, -0.25) is 4.79 Å². The van der Waals surface area contributed by atoms with Crippen LogP contribution in [-0.2, 0) is 21.2 Å². The summed E-state index contributed by atoms with van der Waals surface area (Å²) in [5.41, 5.74) is 2.79. The number of hydrogen-bond donors (Lipinski definition) is 1. The zero-order chi connectivity index (χ0) is 19.4. The molecule has 0 atom stereocenters. The van der Waals surface area contributed by atoms with E-state index in [-0.39, 0.29) is 23.1 Å². The molecule has 1 fully saturated rings. The molecule has 7 heteroatoms. The van der Waals surface area contributed by atoms with Crippen LogP contribution < -0.4 is 14.4 Å². The highest BCUT2D eigenvalue weighted by atomic mass is 32.2. The molecule has 1 N–H and O–H groups in total. The van der Waals surface area contributed by atoms with Crippen LogP contribution in [0.25, 0.3) is 0 Å². The fourth-order valence-corrected chi connectivity index (χ4v) is 4.46. The summed E-state index contributed by atoms with van der Waals surface area (Å²) in [6, 6.07) is 12.8. The van der Waals surface area contributed by atoms with Gasteiger partial charge >= 0.3 is 0 Å². The van der Waals surface area contributed by atoms with Crippen LogP contribution in [0.3, 0.4) is 0 Å². The van der Waals surface area contributed by atoms with Crippen molar-refractivity contribution in [2.45, 2.75) is 31.1 Å². The van der Waals surface area contributed by atoms with Crippen LogP contribution in [-0.4, -0.2) is 34.5 Å². The van der Waals surface area contributed by atoms with Gasteiger partial charge in [0.2, 0.25) is 15.9 Å². The highest BCUT2D eigenvalue weighted by Crippen LogP contribution is 2.30. The van der Waals surface area contributed by atoms with E-state index in [0.29, 0.717) is 25.1 Å². The molecule has 2 aromatic rings. The molecule has 27 heavy (non-hydrogen) atoms. The molecular formula is C20H24N2O4S. The predicted molar refractivity (Wildman–Crippen MR) is 105 cm³/mol. The highest BCUT2D eigenvalue weighted by molar-refractivity contribution is 7.89. The van der Waals surface area contributed by atoms with Gasteiger partial charge in [-0.15, -0.1) is 0 Å². The van der Waals surface area contributed by atoms with Gasteiger partial charge in [0.1, 0.15) is 10.6 Å². The van der Waals surface area contributed by atoms with Gasteiger partial charge < -0.3 is 9.64 Å². The van der Waals surface area contributed by atoms with Crippen LogP contribution in [0, 0.1) is 6.92 Å². The average Bonchev–Trinajstić information content (AvgIpc) is 3.07. The Bertz CT molecular complexity index is 941. The lowest BCUT2D eigenvalue weighted by Gasteiger charge is -2.18. The topological polar surface area (TPSA) is 75.7 Å². The summed E-state index contributed by atoms with van der Waals surface area (Å²) in [6.45, 7) is 2.89. The van der Waals surface area contributed by atoms with E-state index >= 15 is 0 Å². The Labute approximate surface area is 160 Å². The molecule has 2 aromatic carbocycles. The molecule has 0 saturated carbocycles. The van der Waals surface area contributed by atoms with Crippen molar-refractivity contribution in [1.29, 1.82) is 0 Å². The van der Waals surface area contributed by atoms with Crippen LogP contribution in [0.15, 0.2) is 47.4 Å². The van der Waals surface area contributed by atoms with E-state index in [1.807, 2.05) is 31.2 Å². The van der Waals surface area contributed by atoms with Crippen molar-refractivity contribution in [3.8, 4) is 5.75 Å². The molecule has 1 saturated heterocycles. The molecule has 0 aliphatic carbocycles. The number of carbonyl (C=O) groups excluding carboxylic acids is 1. The molecule has 1 aliphatic rings. The summed E-state index contributed by atoms with van der Waals surface area (Å²) >= 11 is 0. The first-order valence-electron chi connectivity index (χ1n) is 8.94. The van der Waals surface area contributed by atoms with Gasteiger partial charge in [-0.1, -0.05) is 29.8 Å². The SMILES string of the molecule is COc1ccc(N2CCCC2=O)cc1S(=O)(=O)NCCc1cccc(C)c1. The number of nitrogens with zero attached hydrogens (tertiary/aromatic N) is 1. The third kappa shape index (κ3) is 4.48. The maximum absolute atomic E-state index is 12.8. The second-order valence-corrected chi connectivity index (χ2v) is 8.36. The normalized spacial score (nSPS) is 14.6. The number of methoxy groups -OCH3 is 1. The maximum Gasteiger partial charge on any atom is 0.244 e.